The number of rotatable bonds is 4. The lowest BCUT2D eigenvalue weighted by atomic mass is 10.1. The van der Waals surface area contributed by atoms with E-state index in [1.165, 1.54) is 20.3 Å². The molecule has 0 unspecified atom stereocenters. The average Bonchev–Trinajstić information content (AvgIpc) is 2.92. The Balaban J connectivity index is 2.66. The highest BCUT2D eigenvalue weighted by Crippen LogP contribution is 2.25. The van der Waals surface area contributed by atoms with Crippen LogP contribution in [0, 0.1) is 0 Å². The summed E-state index contributed by atoms with van der Waals surface area (Å²) in [6, 6.07) is 4.60. The second kappa shape index (κ2) is 6.30. The fourth-order valence-corrected chi connectivity index (χ4v) is 2.10. The minimum atomic E-state index is -0.701. The first kappa shape index (κ1) is 15.6. The highest BCUT2D eigenvalue weighted by atomic mass is 16.5. The van der Waals surface area contributed by atoms with Crippen LogP contribution >= 0.6 is 0 Å². The first-order valence-corrected chi connectivity index (χ1v) is 6.53. The van der Waals surface area contributed by atoms with Gasteiger partial charge in [0.05, 0.1) is 32.0 Å². The van der Waals surface area contributed by atoms with Crippen molar-refractivity contribution in [2.45, 2.75) is 6.92 Å². The summed E-state index contributed by atoms with van der Waals surface area (Å²) in [5.41, 5.74) is 0.782. The molecular weight excluding hydrogens is 290 g/mol. The molecule has 2 rings (SSSR count). The third kappa shape index (κ3) is 2.65. The maximum absolute atomic E-state index is 12.0. The number of hydrogen-bond acceptors (Lipinski definition) is 6. The lowest BCUT2D eigenvalue weighted by Gasteiger charge is -2.03. The zero-order valence-electron chi connectivity index (χ0n) is 12.4. The molecule has 1 aromatic carbocycles. The quantitative estimate of drug-likeness (QED) is 0.685. The Morgan fingerprint density at radius 1 is 1.05 bits per heavy atom. The number of benzene rings is 1. The van der Waals surface area contributed by atoms with E-state index in [0.717, 1.165) is 0 Å². The molecule has 0 aliphatic heterocycles. The molecule has 0 spiro atoms. The Morgan fingerprint density at radius 3 is 2.32 bits per heavy atom. The Morgan fingerprint density at radius 2 is 1.73 bits per heavy atom. The third-order valence-electron chi connectivity index (χ3n) is 3.09. The van der Waals surface area contributed by atoms with Gasteiger partial charge >= 0.3 is 17.9 Å². The number of hydrogen-bond donors (Lipinski definition) is 1. The Labute approximate surface area is 126 Å². The summed E-state index contributed by atoms with van der Waals surface area (Å²) < 4.78 is 14.3. The fraction of sp³-hybridized carbons (Fsp3) is 0.267. The standard InChI is InChI=1S/C15H15NO6/c1-4-22-13(17)8-5-6-10-9(7-8)11(14(18)20-2)12(16-10)15(19)21-3/h5-7,16H,4H2,1-3H3. The topological polar surface area (TPSA) is 94.7 Å². The Hall–Kier alpha value is -2.83. The summed E-state index contributed by atoms with van der Waals surface area (Å²) in [6.45, 7) is 1.93. The molecule has 0 saturated carbocycles. The van der Waals surface area contributed by atoms with E-state index < -0.39 is 17.9 Å². The largest absolute Gasteiger partial charge is 0.465 e. The van der Waals surface area contributed by atoms with Crippen LogP contribution in [0.25, 0.3) is 10.9 Å². The maximum Gasteiger partial charge on any atom is 0.355 e. The smallest absolute Gasteiger partial charge is 0.355 e. The molecule has 1 aromatic heterocycles. The van der Waals surface area contributed by atoms with E-state index in [1.54, 1.807) is 19.1 Å². The second-order valence-electron chi connectivity index (χ2n) is 4.34. The number of aromatic nitrogens is 1. The molecule has 22 heavy (non-hydrogen) atoms. The molecule has 0 aliphatic carbocycles. The van der Waals surface area contributed by atoms with E-state index in [1.807, 2.05) is 0 Å². The van der Waals surface area contributed by atoms with E-state index in [4.69, 9.17) is 9.47 Å². The molecule has 0 radical (unpaired) electrons. The van der Waals surface area contributed by atoms with Gasteiger partial charge in [-0.2, -0.15) is 0 Å². The molecule has 0 atom stereocenters. The van der Waals surface area contributed by atoms with Gasteiger partial charge in [0, 0.05) is 10.9 Å². The van der Waals surface area contributed by atoms with Crippen LogP contribution in [-0.4, -0.2) is 43.7 Å². The first-order valence-electron chi connectivity index (χ1n) is 6.53. The summed E-state index contributed by atoms with van der Waals surface area (Å²) in [5, 5.41) is 0.387. The number of aromatic amines is 1. The van der Waals surface area contributed by atoms with Gasteiger partial charge in [-0.25, -0.2) is 14.4 Å². The van der Waals surface area contributed by atoms with Gasteiger partial charge in [-0.05, 0) is 25.1 Å². The van der Waals surface area contributed by atoms with Gasteiger partial charge in [0.25, 0.3) is 0 Å². The maximum atomic E-state index is 12.0. The number of ether oxygens (including phenoxy) is 3. The number of H-pyrrole nitrogens is 1. The predicted molar refractivity (Wildman–Crippen MR) is 76.9 cm³/mol. The van der Waals surface area contributed by atoms with Gasteiger partial charge in [0.1, 0.15) is 5.69 Å². The van der Waals surface area contributed by atoms with Crippen molar-refractivity contribution in [3.05, 3.63) is 35.0 Å². The van der Waals surface area contributed by atoms with Crippen molar-refractivity contribution >= 4 is 28.8 Å². The average molecular weight is 305 g/mol. The van der Waals surface area contributed by atoms with Crippen LogP contribution in [-0.2, 0) is 14.2 Å². The molecule has 7 heteroatoms. The van der Waals surface area contributed by atoms with Crippen molar-refractivity contribution in [2.24, 2.45) is 0 Å². The second-order valence-corrected chi connectivity index (χ2v) is 4.34. The molecule has 7 nitrogen and oxygen atoms in total. The van der Waals surface area contributed by atoms with E-state index in [9.17, 15) is 14.4 Å². The Bertz CT molecular complexity index is 746. The molecular formula is C15H15NO6. The van der Waals surface area contributed by atoms with Gasteiger partial charge in [-0.3, -0.25) is 0 Å². The van der Waals surface area contributed by atoms with Crippen LogP contribution in [0.5, 0.6) is 0 Å². The molecule has 1 heterocycles. The fourth-order valence-electron chi connectivity index (χ4n) is 2.10. The Kier molecular flexibility index (Phi) is 4.45. The predicted octanol–water partition coefficient (Wildman–Crippen LogP) is 1.92. The van der Waals surface area contributed by atoms with Crippen LogP contribution in [0.15, 0.2) is 18.2 Å². The molecule has 0 fully saturated rings. The monoisotopic (exact) mass is 305 g/mol. The number of carbonyl (C=O) groups excluding carboxylic acids is 3. The number of esters is 3. The van der Waals surface area contributed by atoms with Crippen molar-refractivity contribution in [1.82, 2.24) is 4.98 Å². The molecule has 0 amide bonds. The van der Waals surface area contributed by atoms with Gasteiger partial charge in [0.15, 0.2) is 0 Å². The van der Waals surface area contributed by atoms with E-state index in [2.05, 4.69) is 9.72 Å². The van der Waals surface area contributed by atoms with Gasteiger partial charge in [-0.1, -0.05) is 0 Å². The van der Waals surface area contributed by atoms with Crippen molar-refractivity contribution in [2.75, 3.05) is 20.8 Å². The highest BCUT2D eigenvalue weighted by molar-refractivity contribution is 6.13. The number of carbonyl (C=O) groups is 3. The van der Waals surface area contributed by atoms with Crippen LogP contribution in [0.3, 0.4) is 0 Å². The summed E-state index contributed by atoms with van der Waals surface area (Å²) in [7, 11) is 2.41. The number of methoxy groups -OCH3 is 2. The normalized spacial score (nSPS) is 10.3. The van der Waals surface area contributed by atoms with Gasteiger partial charge in [-0.15, -0.1) is 0 Å². The lowest BCUT2D eigenvalue weighted by Crippen LogP contribution is -2.10. The van der Waals surface area contributed by atoms with Crippen LogP contribution in [0.4, 0.5) is 0 Å². The van der Waals surface area contributed by atoms with Gasteiger partial charge < -0.3 is 19.2 Å². The minimum absolute atomic E-state index is 0.0228. The molecule has 0 saturated heterocycles. The summed E-state index contributed by atoms with van der Waals surface area (Å²) in [5.74, 6) is -1.91. The van der Waals surface area contributed by atoms with Crippen molar-refractivity contribution < 1.29 is 28.6 Å². The number of nitrogens with one attached hydrogen (secondary N) is 1. The van der Waals surface area contributed by atoms with Crippen molar-refractivity contribution in [3.63, 3.8) is 0 Å². The van der Waals surface area contributed by atoms with Crippen LogP contribution in [0.1, 0.15) is 38.1 Å². The zero-order chi connectivity index (χ0) is 16.3. The van der Waals surface area contributed by atoms with Crippen molar-refractivity contribution in [3.8, 4) is 0 Å². The summed E-state index contributed by atoms with van der Waals surface area (Å²) in [6.07, 6.45) is 0. The first-order chi connectivity index (χ1) is 10.5. The molecule has 1 N–H and O–H groups in total. The van der Waals surface area contributed by atoms with E-state index in [0.29, 0.717) is 10.9 Å². The summed E-state index contributed by atoms with van der Waals surface area (Å²) >= 11 is 0. The van der Waals surface area contributed by atoms with Crippen LogP contribution < -0.4 is 0 Å². The highest BCUT2D eigenvalue weighted by Gasteiger charge is 2.25. The summed E-state index contributed by atoms with van der Waals surface area (Å²) in [4.78, 5) is 38.4. The molecule has 0 aliphatic rings. The zero-order valence-corrected chi connectivity index (χ0v) is 12.4. The van der Waals surface area contributed by atoms with Crippen LogP contribution in [0.2, 0.25) is 0 Å². The number of fused-ring (bicyclic) bond motifs is 1. The SMILES string of the molecule is CCOC(=O)c1ccc2[nH]c(C(=O)OC)c(C(=O)OC)c2c1. The van der Waals surface area contributed by atoms with Gasteiger partial charge in [0.2, 0.25) is 0 Å². The minimum Gasteiger partial charge on any atom is -0.465 e. The molecule has 116 valence electrons. The van der Waals surface area contributed by atoms with E-state index in [-0.39, 0.29) is 23.4 Å². The van der Waals surface area contributed by atoms with E-state index >= 15 is 0 Å². The molecule has 2 aromatic rings. The van der Waals surface area contributed by atoms with Crippen molar-refractivity contribution in [1.29, 1.82) is 0 Å². The molecule has 0 bridgehead atoms. The lowest BCUT2D eigenvalue weighted by molar-refractivity contribution is 0.0525. The third-order valence-corrected chi connectivity index (χ3v) is 3.09.